The number of ether oxygens (including phenoxy) is 1. The fourth-order valence-corrected chi connectivity index (χ4v) is 3.94. The number of hydrogen-bond acceptors (Lipinski definition) is 3. The van der Waals surface area contributed by atoms with Gasteiger partial charge >= 0.3 is 0 Å². The maximum absolute atomic E-state index is 8.97. The van der Waals surface area contributed by atoms with Gasteiger partial charge in [0.15, 0.2) is 0 Å². The third kappa shape index (κ3) is 3.76. The zero-order valence-corrected chi connectivity index (χ0v) is 15.3. The Bertz CT molecular complexity index is 787. The Kier molecular flexibility index (Phi) is 5.22. The van der Waals surface area contributed by atoms with E-state index in [1.54, 1.807) is 0 Å². The smallest absolute Gasteiger partial charge is 0.123 e. The van der Waals surface area contributed by atoms with E-state index in [0.29, 0.717) is 5.56 Å². The summed E-state index contributed by atoms with van der Waals surface area (Å²) in [6, 6.07) is 17.3. The van der Waals surface area contributed by atoms with Gasteiger partial charge in [0.05, 0.1) is 11.6 Å². The van der Waals surface area contributed by atoms with Crippen LogP contribution < -0.4 is 4.74 Å². The molecular weight excluding hydrogens is 320 g/mol. The van der Waals surface area contributed by atoms with Crippen molar-refractivity contribution in [3.63, 3.8) is 0 Å². The Hall–Kier alpha value is -2.31. The van der Waals surface area contributed by atoms with E-state index >= 15 is 0 Å². The van der Waals surface area contributed by atoms with Crippen molar-refractivity contribution in [1.82, 2.24) is 4.90 Å². The van der Waals surface area contributed by atoms with E-state index in [1.165, 1.54) is 44.2 Å². The van der Waals surface area contributed by atoms with Crippen molar-refractivity contribution in [2.75, 3.05) is 19.7 Å². The van der Waals surface area contributed by atoms with Crippen molar-refractivity contribution in [3.8, 4) is 22.9 Å². The molecule has 2 aromatic carbocycles. The van der Waals surface area contributed by atoms with Crippen LogP contribution in [-0.2, 0) is 6.42 Å². The van der Waals surface area contributed by atoms with Crippen LogP contribution in [0.2, 0.25) is 0 Å². The molecule has 0 atom stereocenters. The second kappa shape index (κ2) is 7.93. The minimum absolute atomic E-state index is 0.695. The number of nitrogens with zero attached hydrogens (tertiary/aromatic N) is 2. The van der Waals surface area contributed by atoms with Crippen molar-refractivity contribution in [3.05, 3.63) is 53.6 Å². The molecule has 1 aliphatic carbocycles. The molecule has 0 saturated heterocycles. The van der Waals surface area contributed by atoms with E-state index < -0.39 is 0 Å². The van der Waals surface area contributed by atoms with Crippen LogP contribution in [0.3, 0.4) is 0 Å². The summed E-state index contributed by atoms with van der Waals surface area (Å²) in [5.74, 6) is 1.03. The van der Waals surface area contributed by atoms with Gasteiger partial charge < -0.3 is 4.74 Å². The molecule has 0 aromatic heterocycles. The number of rotatable bonds is 2. The molecule has 3 nitrogen and oxygen atoms in total. The highest BCUT2D eigenvalue weighted by Gasteiger charge is 2.24. The van der Waals surface area contributed by atoms with E-state index in [9.17, 15) is 0 Å². The Labute approximate surface area is 156 Å². The average Bonchev–Trinajstić information content (AvgIpc) is 2.64. The maximum atomic E-state index is 8.97. The summed E-state index contributed by atoms with van der Waals surface area (Å²) in [5.41, 5.74) is 4.30. The average molecular weight is 346 g/mol. The number of aryl methyl sites for hydroxylation is 1. The topological polar surface area (TPSA) is 36.3 Å². The van der Waals surface area contributed by atoms with Crippen LogP contribution in [0.15, 0.2) is 42.5 Å². The molecular formula is C23H26N2O. The standard InChI is InChI=1S/C23H26N2O/c24-17-18-7-9-19(10-8-18)21-12-11-20-4-1-2-13-25(22-5-3-6-22)14-15-26-23(20)16-21/h7-12,16,22H,1-6,13-15H2. The Morgan fingerprint density at radius 3 is 2.46 bits per heavy atom. The van der Waals surface area contributed by atoms with Gasteiger partial charge in [-0.05, 0) is 73.5 Å². The van der Waals surface area contributed by atoms with Gasteiger partial charge in [0.25, 0.3) is 0 Å². The zero-order chi connectivity index (χ0) is 17.8. The minimum Gasteiger partial charge on any atom is -0.492 e. The molecule has 3 heteroatoms. The largest absolute Gasteiger partial charge is 0.492 e. The van der Waals surface area contributed by atoms with E-state index in [2.05, 4.69) is 29.2 Å². The van der Waals surface area contributed by atoms with Crippen LogP contribution in [0.5, 0.6) is 5.75 Å². The molecule has 0 amide bonds. The van der Waals surface area contributed by atoms with E-state index in [0.717, 1.165) is 42.5 Å². The molecule has 0 bridgehead atoms. The van der Waals surface area contributed by atoms with Crippen LogP contribution in [0.4, 0.5) is 0 Å². The Morgan fingerprint density at radius 1 is 0.923 bits per heavy atom. The van der Waals surface area contributed by atoms with Crippen LogP contribution >= 0.6 is 0 Å². The monoisotopic (exact) mass is 346 g/mol. The first-order valence-electron chi connectivity index (χ1n) is 9.84. The van der Waals surface area contributed by atoms with Crippen LogP contribution in [-0.4, -0.2) is 30.6 Å². The number of nitriles is 1. The van der Waals surface area contributed by atoms with Crippen LogP contribution in [0, 0.1) is 11.3 Å². The van der Waals surface area contributed by atoms with Crippen molar-refractivity contribution < 1.29 is 4.74 Å². The molecule has 1 saturated carbocycles. The SMILES string of the molecule is N#Cc1ccc(-c2ccc3c(c2)OCCN(C2CCC2)CCCC3)cc1. The quantitative estimate of drug-likeness (QED) is 0.784. The molecule has 2 aliphatic rings. The third-order valence-corrected chi connectivity index (χ3v) is 5.78. The van der Waals surface area contributed by atoms with Gasteiger partial charge in [0, 0.05) is 12.6 Å². The van der Waals surface area contributed by atoms with Gasteiger partial charge in [0.1, 0.15) is 12.4 Å². The summed E-state index contributed by atoms with van der Waals surface area (Å²) in [5, 5.41) is 8.97. The summed E-state index contributed by atoms with van der Waals surface area (Å²) in [7, 11) is 0. The molecule has 26 heavy (non-hydrogen) atoms. The summed E-state index contributed by atoms with van der Waals surface area (Å²) in [4.78, 5) is 2.64. The normalized spacial score (nSPS) is 18.9. The molecule has 1 heterocycles. The summed E-state index contributed by atoms with van der Waals surface area (Å²) < 4.78 is 6.23. The molecule has 0 N–H and O–H groups in total. The molecule has 1 aliphatic heterocycles. The molecule has 0 radical (unpaired) electrons. The van der Waals surface area contributed by atoms with Gasteiger partial charge in [-0.1, -0.05) is 30.7 Å². The Balaban J connectivity index is 1.52. The molecule has 4 rings (SSSR count). The molecule has 134 valence electrons. The van der Waals surface area contributed by atoms with E-state index in [1.807, 2.05) is 24.3 Å². The van der Waals surface area contributed by atoms with Crippen molar-refractivity contribution in [2.24, 2.45) is 0 Å². The van der Waals surface area contributed by atoms with Gasteiger partial charge in [-0.15, -0.1) is 0 Å². The predicted molar refractivity (Wildman–Crippen MR) is 104 cm³/mol. The lowest BCUT2D eigenvalue weighted by atomic mass is 9.91. The third-order valence-electron chi connectivity index (χ3n) is 5.78. The van der Waals surface area contributed by atoms with E-state index in [4.69, 9.17) is 10.00 Å². The van der Waals surface area contributed by atoms with Crippen molar-refractivity contribution in [1.29, 1.82) is 5.26 Å². The van der Waals surface area contributed by atoms with Crippen molar-refractivity contribution >= 4 is 0 Å². The first kappa shape index (κ1) is 17.1. The zero-order valence-electron chi connectivity index (χ0n) is 15.3. The van der Waals surface area contributed by atoms with Gasteiger partial charge in [0.2, 0.25) is 0 Å². The molecule has 0 spiro atoms. The summed E-state index contributed by atoms with van der Waals surface area (Å²) in [6.45, 7) is 3.01. The van der Waals surface area contributed by atoms with Gasteiger partial charge in [-0.25, -0.2) is 0 Å². The van der Waals surface area contributed by atoms with Crippen LogP contribution in [0.25, 0.3) is 11.1 Å². The fraction of sp³-hybridized carbons (Fsp3) is 0.435. The second-order valence-corrected chi connectivity index (χ2v) is 7.44. The number of fused-ring (bicyclic) bond motifs is 1. The second-order valence-electron chi connectivity index (χ2n) is 7.44. The highest BCUT2D eigenvalue weighted by Crippen LogP contribution is 2.30. The number of hydrogen-bond donors (Lipinski definition) is 0. The highest BCUT2D eigenvalue weighted by atomic mass is 16.5. The van der Waals surface area contributed by atoms with Gasteiger partial charge in [-0.2, -0.15) is 5.26 Å². The summed E-state index contributed by atoms with van der Waals surface area (Å²) in [6.07, 6.45) is 7.68. The lowest BCUT2D eigenvalue weighted by molar-refractivity contribution is 0.103. The Morgan fingerprint density at radius 2 is 1.73 bits per heavy atom. The maximum Gasteiger partial charge on any atom is 0.123 e. The first-order valence-corrected chi connectivity index (χ1v) is 9.84. The number of benzene rings is 2. The highest BCUT2D eigenvalue weighted by molar-refractivity contribution is 5.66. The molecule has 1 fully saturated rings. The lowest BCUT2D eigenvalue weighted by Crippen LogP contribution is -2.43. The van der Waals surface area contributed by atoms with Crippen LogP contribution in [0.1, 0.15) is 43.2 Å². The molecule has 2 aromatic rings. The van der Waals surface area contributed by atoms with Gasteiger partial charge in [-0.3, -0.25) is 4.90 Å². The molecule has 0 unspecified atom stereocenters. The fourth-order valence-electron chi connectivity index (χ4n) is 3.94. The van der Waals surface area contributed by atoms with Crippen molar-refractivity contribution in [2.45, 2.75) is 44.6 Å². The predicted octanol–water partition coefficient (Wildman–Crippen LogP) is 4.79. The summed E-state index contributed by atoms with van der Waals surface area (Å²) >= 11 is 0. The van der Waals surface area contributed by atoms with E-state index in [-0.39, 0.29) is 0 Å². The minimum atomic E-state index is 0.695. The lowest BCUT2D eigenvalue weighted by Gasteiger charge is -2.38. The first-order chi connectivity index (χ1) is 12.8.